The molecule has 5 heteroatoms. The van der Waals surface area contributed by atoms with Crippen molar-refractivity contribution >= 4 is 34.5 Å². The van der Waals surface area contributed by atoms with Gasteiger partial charge < -0.3 is 5.73 Å². The minimum atomic E-state index is -0.122. The van der Waals surface area contributed by atoms with Crippen molar-refractivity contribution < 1.29 is 4.79 Å². The van der Waals surface area contributed by atoms with E-state index >= 15 is 0 Å². The van der Waals surface area contributed by atoms with Crippen molar-refractivity contribution in [2.24, 2.45) is 4.99 Å². The third-order valence-corrected chi connectivity index (χ3v) is 3.23. The zero-order chi connectivity index (χ0) is 14.1. The Morgan fingerprint density at radius 1 is 1.20 bits per heavy atom. The number of nitrogens with two attached hydrogens (primary N) is 1. The van der Waals surface area contributed by atoms with Gasteiger partial charge in [-0.05, 0) is 42.5 Å². The van der Waals surface area contributed by atoms with Crippen LogP contribution in [0, 0.1) is 0 Å². The monoisotopic (exact) mass is 283 g/mol. The van der Waals surface area contributed by atoms with Crippen molar-refractivity contribution in [3.05, 3.63) is 65.0 Å². The summed E-state index contributed by atoms with van der Waals surface area (Å²) in [6.07, 6.45) is 4.71. The molecule has 2 N–H and O–H groups in total. The number of carbonyl (C=O) groups excluding carboxylic acids is 1. The van der Waals surface area contributed by atoms with Gasteiger partial charge >= 0.3 is 0 Å². The van der Waals surface area contributed by atoms with Crippen molar-refractivity contribution in [1.29, 1.82) is 0 Å². The molecule has 0 fully saturated rings. The van der Waals surface area contributed by atoms with Gasteiger partial charge in [0.05, 0.1) is 16.4 Å². The van der Waals surface area contributed by atoms with Crippen LogP contribution < -0.4 is 5.73 Å². The predicted molar refractivity (Wildman–Crippen MR) is 79.8 cm³/mol. The summed E-state index contributed by atoms with van der Waals surface area (Å²) in [6.45, 7) is 0. The van der Waals surface area contributed by atoms with Crippen LogP contribution in [-0.2, 0) is 0 Å². The zero-order valence-electron chi connectivity index (χ0n) is 10.4. The average molecular weight is 284 g/mol. The van der Waals surface area contributed by atoms with Crippen LogP contribution in [0.15, 0.2) is 53.7 Å². The molecule has 0 aliphatic heterocycles. The molecule has 0 atom stereocenters. The summed E-state index contributed by atoms with van der Waals surface area (Å²) < 4.78 is 0. The Balaban J connectivity index is 2.13. The Hall–Kier alpha value is -2.46. The van der Waals surface area contributed by atoms with E-state index in [9.17, 15) is 4.79 Å². The van der Waals surface area contributed by atoms with Gasteiger partial charge in [0.2, 0.25) is 5.78 Å². The molecule has 4 nitrogen and oxygen atoms in total. The fourth-order valence-electron chi connectivity index (χ4n) is 1.97. The van der Waals surface area contributed by atoms with E-state index in [4.69, 9.17) is 17.3 Å². The van der Waals surface area contributed by atoms with Gasteiger partial charge in [0.25, 0.3) is 0 Å². The lowest BCUT2D eigenvalue weighted by Crippen LogP contribution is -2.13. The number of anilines is 1. The smallest absolute Gasteiger partial charge is 0.204 e. The normalized spacial score (nSPS) is 15.4. The highest BCUT2D eigenvalue weighted by Gasteiger charge is 2.18. The quantitative estimate of drug-likeness (QED) is 0.817. The van der Waals surface area contributed by atoms with Crippen LogP contribution in [0.2, 0.25) is 5.02 Å². The molecule has 1 aromatic heterocycles. The summed E-state index contributed by atoms with van der Waals surface area (Å²) in [5.41, 5.74) is 8.59. The van der Waals surface area contributed by atoms with Crippen molar-refractivity contribution in [1.82, 2.24) is 4.98 Å². The number of aromatic nitrogens is 1. The van der Waals surface area contributed by atoms with E-state index in [2.05, 4.69) is 9.98 Å². The summed E-state index contributed by atoms with van der Waals surface area (Å²) in [5, 5.41) is 0.466. The molecule has 3 rings (SSSR count). The number of hydrogen-bond donors (Lipinski definition) is 1. The molecule has 20 heavy (non-hydrogen) atoms. The van der Waals surface area contributed by atoms with Gasteiger partial charge in [-0.25, -0.2) is 4.99 Å². The molecule has 1 aliphatic carbocycles. The standard InChI is InChI=1S/C15H10ClN3O/c16-11-8-9(17)3-4-13(11)19-12-5-6-14(20)15-10(12)2-1-7-18-15/h1-8H,17H2. The van der Waals surface area contributed by atoms with E-state index in [0.717, 1.165) is 0 Å². The number of allylic oxidation sites excluding steroid dienone is 2. The Bertz CT molecular complexity index is 765. The molecule has 1 aliphatic rings. The Labute approximate surface area is 120 Å². The largest absolute Gasteiger partial charge is 0.399 e. The molecule has 1 heterocycles. The number of carbonyl (C=O) groups is 1. The zero-order valence-corrected chi connectivity index (χ0v) is 11.1. The highest BCUT2D eigenvalue weighted by atomic mass is 35.5. The second kappa shape index (κ2) is 4.90. The molecule has 2 aromatic rings. The van der Waals surface area contributed by atoms with E-state index in [1.165, 1.54) is 6.08 Å². The number of benzene rings is 1. The molecule has 0 spiro atoms. The number of pyridine rings is 1. The lowest BCUT2D eigenvalue weighted by atomic mass is 9.99. The first-order valence-electron chi connectivity index (χ1n) is 5.96. The van der Waals surface area contributed by atoms with Crippen molar-refractivity contribution in [2.75, 3.05) is 5.73 Å². The maximum absolute atomic E-state index is 11.7. The van der Waals surface area contributed by atoms with Gasteiger partial charge in [-0.2, -0.15) is 0 Å². The Morgan fingerprint density at radius 2 is 2.05 bits per heavy atom. The topological polar surface area (TPSA) is 68.3 Å². The summed E-state index contributed by atoms with van der Waals surface area (Å²) in [6, 6.07) is 8.69. The molecule has 0 saturated carbocycles. The first-order chi connectivity index (χ1) is 9.65. The molecule has 0 bridgehead atoms. The molecule has 0 amide bonds. The number of fused-ring (bicyclic) bond motifs is 1. The number of nitrogens with zero attached hydrogens (tertiary/aromatic N) is 2. The van der Waals surface area contributed by atoms with Gasteiger partial charge in [0.1, 0.15) is 5.69 Å². The van der Waals surface area contributed by atoms with Crippen LogP contribution in [0.5, 0.6) is 0 Å². The van der Waals surface area contributed by atoms with E-state index in [-0.39, 0.29) is 5.78 Å². The fraction of sp³-hybridized carbons (Fsp3) is 0. The third-order valence-electron chi connectivity index (χ3n) is 2.92. The van der Waals surface area contributed by atoms with Gasteiger partial charge in [0, 0.05) is 17.4 Å². The van der Waals surface area contributed by atoms with Crippen LogP contribution in [-0.4, -0.2) is 16.5 Å². The van der Waals surface area contributed by atoms with Crippen LogP contribution in [0.25, 0.3) is 0 Å². The highest BCUT2D eigenvalue weighted by Crippen LogP contribution is 2.28. The maximum Gasteiger partial charge on any atom is 0.204 e. The van der Waals surface area contributed by atoms with Crippen LogP contribution in [0.1, 0.15) is 16.1 Å². The maximum atomic E-state index is 11.7. The SMILES string of the molecule is Nc1ccc(N=C2C=CC(=O)c3ncccc32)c(Cl)c1. The number of nitrogen functional groups attached to an aromatic ring is 1. The summed E-state index contributed by atoms with van der Waals surface area (Å²) >= 11 is 6.11. The van der Waals surface area contributed by atoms with Crippen molar-refractivity contribution in [2.45, 2.75) is 0 Å². The van der Waals surface area contributed by atoms with Gasteiger partial charge in [-0.15, -0.1) is 0 Å². The molecule has 0 saturated heterocycles. The number of rotatable bonds is 1. The average Bonchev–Trinajstić information content (AvgIpc) is 2.45. The van der Waals surface area contributed by atoms with Crippen LogP contribution >= 0.6 is 11.6 Å². The lowest BCUT2D eigenvalue weighted by Gasteiger charge is -2.11. The van der Waals surface area contributed by atoms with Gasteiger partial charge in [-0.1, -0.05) is 11.6 Å². The van der Waals surface area contributed by atoms with Crippen LogP contribution in [0.4, 0.5) is 11.4 Å². The first-order valence-corrected chi connectivity index (χ1v) is 6.34. The summed E-state index contributed by atoms with van der Waals surface area (Å²) in [5.74, 6) is -0.122. The predicted octanol–water partition coefficient (Wildman–Crippen LogP) is 3.19. The molecule has 1 aromatic carbocycles. The molecular weight excluding hydrogens is 274 g/mol. The second-order valence-corrected chi connectivity index (χ2v) is 4.71. The minimum absolute atomic E-state index is 0.122. The van der Waals surface area contributed by atoms with Crippen molar-refractivity contribution in [3.63, 3.8) is 0 Å². The highest BCUT2D eigenvalue weighted by molar-refractivity contribution is 6.33. The fourth-order valence-corrected chi connectivity index (χ4v) is 2.20. The molecular formula is C15H10ClN3O. The van der Waals surface area contributed by atoms with Crippen molar-refractivity contribution in [3.8, 4) is 0 Å². The Morgan fingerprint density at radius 3 is 2.85 bits per heavy atom. The summed E-state index contributed by atoms with van der Waals surface area (Å²) in [4.78, 5) is 20.3. The number of halogens is 1. The second-order valence-electron chi connectivity index (χ2n) is 4.31. The molecule has 0 radical (unpaired) electrons. The lowest BCUT2D eigenvalue weighted by molar-refractivity contribution is 0.104. The Kier molecular flexibility index (Phi) is 3.08. The van der Waals surface area contributed by atoms with E-state index in [0.29, 0.717) is 33.4 Å². The van der Waals surface area contributed by atoms with Gasteiger partial charge in [0.15, 0.2) is 0 Å². The van der Waals surface area contributed by atoms with Gasteiger partial charge in [-0.3, -0.25) is 9.78 Å². The third kappa shape index (κ3) is 2.21. The number of hydrogen-bond acceptors (Lipinski definition) is 4. The molecule has 98 valence electrons. The minimum Gasteiger partial charge on any atom is -0.399 e. The number of ketones is 1. The summed E-state index contributed by atoms with van der Waals surface area (Å²) in [7, 11) is 0. The first kappa shape index (κ1) is 12.6. The molecule has 0 unspecified atom stereocenters. The van der Waals surface area contributed by atoms with Crippen LogP contribution in [0.3, 0.4) is 0 Å². The van der Waals surface area contributed by atoms with E-state index in [1.807, 2.05) is 6.07 Å². The van der Waals surface area contributed by atoms with E-state index < -0.39 is 0 Å². The van der Waals surface area contributed by atoms with E-state index in [1.54, 1.807) is 36.5 Å². The number of aliphatic imine (C=N–C) groups is 1.